The lowest BCUT2D eigenvalue weighted by Crippen LogP contribution is -2.28. The van der Waals surface area contributed by atoms with E-state index in [0.717, 1.165) is 19.3 Å². The lowest BCUT2D eigenvalue weighted by Gasteiger charge is -2.22. The third-order valence-corrected chi connectivity index (χ3v) is 5.06. The van der Waals surface area contributed by atoms with Gasteiger partial charge in [0.05, 0.1) is 11.1 Å². The molecule has 2 aromatic carbocycles. The van der Waals surface area contributed by atoms with Gasteiger partial charge in [-0.3, -0.25) is 4.79 Å². The number of hydrogen-bond donors (Lipinski definition) is 1. The molecule has 0 spiro atoms. The first kappa shape index (κ1) is 22.6. The summed E-state index contributed by atoms with van der Waals surface area (Å²) in [6.45, 7) is 7.10. The molecule has 0 aliphatic rings. The van der Waals surface area contributed by atoms with E-state index in [-0.39, 0.29) is 17.1 Å². The highest BCUT2D eigenvalue weighted by Crippen LogP contribution is 2.32. The lowest BCUT2D eigenvalue weighted by atomic mass is 9.83. The van der Waals surface area contributed by atoms with Gasteiger partial charge in [-0.1, -0.05) is 56.5 Å². The van der Waals surface area contributed by atoms with Gasteiger partial charge in [-0.05, 0) is 44.0 Å². The second-order valence-electron chi connectivity index (χ2n) is 7.01. The predicted octanol–water partition coefficient (Wildman–Crippen LogP) is 5.35. The van der Waals surface area contributed by atoms with Crippen molar-refractivity contribution in [3.05, 3.63) is 65.2 Å². The first-order chi connectivity index (χ1) is 14.0. The molecule has 1 atom stereocenters. The molecule has 0 radical (unpaired) electrons. The zero-order valence-corrected chi connectivity index (χ0v) is 17.6. The molecular formula is C24H31NO4. The number of para-hydroxylation sites is 1. The average molecular weight is 398 g/mol. The van der Waals surface area contributed by atoms with Crippen molar-refractivity contribution in [3.63, 3.8) is 0 Å². The number of phenols is 1. The number of benzene rings is 2. The number of hydroxylamine groups is 2. The minimum absolute atomic E-state index is 0.0406. The highest BCUT2D eigenvalue weighted by molar-refractivity contribution is 6.04. The van der Waals surface area contributed by atoms with Crippen molar-refractivity contribution in [2.75, 3.05) is 13.1 Å². The number of nitrogens with zero attached hydrogens (tertiary/aromatic N) is 1. The van der Waals surface area contributed by atoms with Crippen LogP contribution in [0.25, 0.3) is 0 Å². The number of Topliss-reactive ketones (excluding diaryl/α,β-unsaturated/α-hetero) is 1. The Labute approximate surface area is 173 Å². The number of phenolic OH excluding ortho intramolecular Hbond substituents is 1. The van der Waals surface area contributed by atoms with Gasteiger partial charge in [0.25, 0.3) is 0 Å². The summed E-state index contributed by atoms with van der Waals surface area (Å²) in [5, 5.41) is 11.8. The molecule has 2 aromatic rings. The fraction of sp³-hybridized carbons (Fsp3) is 0.417. The van der Waals surface area contributed by atoms with Crippen LogP contribution in [-0.4, -0.2) is 35.0 Å². The number of ketones is 1. The molecule has 0 aromatic heterocycles. The number of carbonyl (C=O) groups excluding carboxylic acids is 2. The summed E-state index contributed by atoms with van der Waals surface area (Å²) >= 11 is 0. The predicted molar refractivity (Wildman–Crippen MR) is 114 cm³/mol. The Kier molecular flexibility index (Phi) is 8.87. The van der Waals surface area contributed by atoms with Gasteiger partial charge in [0, 0.05) is 19.0 Å². The maximum Gasteiger partial charge on any atom is 0.357 e. The molecule has 5 nitrogen and oxygen atoms in total. The van der Waals surface area contributed by atoms with E-state index in [9.17, 15) is 14.7 Å². The minimum Gasteiger partial charge on any atom is -0.507 e. The summed E-state index contributed by atoms with van der Waals surface area (Å²) in [6, 6.07) is 13.7. The van der Waals surface area contributed by atoms with Gasteiger partial charge >= 0.3 is 5.97 Å². The van der Waals surface area contributed by atoms with Crippen molar-refractivity contribution in [2.24, 2.45) is 0 Å². The van der Waals surface area contributed by atoms with Crippen molar-refractivity contribution >= 4 is 11.8 Å². The first-order valence-corrected chi connectivity index (χ1v) is 10.4. The normalized spacial score (nSPS) is 12.0. The van der Waals surface area contributed by atoms with Gasteiger partial charge in [-0.25, -0.2) is 4.79 Å². The van der Waals surface area contributed by atoms with Gasteiger partial charge in [0.1, 0.15) is 5.75 Å². The maximum absolute atomic E-state index is 13.3. The molecule has 1 N–H and O–H groups in total. The molecule has 156 valence electrons. The van der Waals surface area contributed by atoms with Crippen LogP contribution in [0.1, 0.15) is 78.7 Å². The standard InChI is InChI=1S/C24H31NO4/c1-4-7-8-14-19(23(27)21-16-11-12-17-22(21)26)18-13-9-10-15-20(18)24(28)29-25(5-2)6-3/h9-13,15-17,19,26H,4-8,14H2,1-3H3. The van der Waals surface area contributed by atoms with Crippen LogP contribution in [-0.2, 0) is 4.84 Å². The van der Waals surface area contributed by atoms with Crippen LogP contribution in [0.3, 0.4) is 0 Å². The third-order valence-electron chi connectivity index (χ3n) is 5.06. The highest BCUT2D eigenvalue weighted by Gasteiger charge is 2.28. The molecule has 1 unspecified atom stereocenters. The number of carbonyl (C=O) groups is 2. The van der Waals surface area contributed by atoms with Gasteiger partial charge < -0.3 is 9.94 Å². The van der Waals surface area contributed by atoms with Gasteiger partial charge in [0.15, 0.2) is 5.78 Å². The quantitative estimate of drug-likeness (QED) is 0.314. The van der Waals surface area contributed by atoms with E-state index in [1.54, 1.807) is 35.4 Å². The smallest absolute Gasteiger partial charge is 0.357 e. The fourth-order valence-corrected chi connectivity index (χ4v) is 3.40. The van der Waals surface area contributed by atoms with E-state index in [1.165, 1.54) is 6.07 Å². The number of hydrogen-bond acceptors (Lipinski definition) is 5. The van der Waals surface area contributed by atoms with E-state index in [0.29, 0.717) is 30.6 Å². The topological polar surface area (TPSA) is 66.8 Å². The summed E-state index contributed by atoms with van der Waals surface area (Å²) in [5.74, 6) is -1.20. The molecule has 29 heavy (non-hydrogen) atoms. The molecule has 5 heteroatoms. The Bertz CT molecular complexity index is 814. The minimum atomic E-state index is -0.518. The number of rotatable bonds is 11. The zero-order chi connectivity index (χ0) is 21.2. The van der Waals surface area contributed by atoms with Gasteiger partial charge in [0.2, 0.25) is 0 Å². The Morgan fingerprint density at radius 1 is 0.931 bits per heavy atom. The first-order valence-electron chi connectivity index (χ1n) is 10.4. The monoisotopic (exact) mass is 397 g/mol. The van der Waals surface area contributed by atoms with Gasteiger partial charge in [-0.15, -0.1) is 5.06 Å². The van der Waals surface area contributed by atoms with Crippen molar-refractivity contribution in [3.8, 4) is 5.75 Å². The summed E-state index contributed by atoms with van der Waals surface area (Å²) in [6.07, 6.45) is 3.50. The van der Waals surface area contributed by atoms with Crippen LogP contribution in [0, 0.1) is 0 Å². The highest BCUT2D eigenvalue weighted by atomic mass is 16.7. The Hall–Kier alpha value is -2.66. The summed E-state index contributed by atoms with van der Waals surface area (Å²) in [5.41, 5.74) is 1.32. The Balaban J connectivity index is 2.42. The van der Waals surface area contributed by atoms with Crippen LogP contribution >= 0.6 is 0 Å². The summed E-state index contributed by atoms with van der Waals surface area (Å²) < 4.78 is 0. The molecule has 0 heterocycles. The van der Waals surface area contributed by atoms with Crippen molar-refractivity contribution in [2.45, 2.75) is 52.4 Å². The van der Waals surface area contributed by atoms with Crippen molar-refractivity contribution in [1.29, 1.82) is 0 Å². The molecule has 0 aliphatic carbocycles. The van der Waals surface area contributed by atoms with Gasteiger partial charge in [-0.2, -0.15) is 0 Å². The van der Waals surface area contributed by atoms with E-state index >= 15 is 0 Å². The second-order valence-corrected chi connectivity index (χ2v) is 7.01. The third kappa shape index (κ3) is 5.91. The molecule has 0 amide bonds. The van der Waals surface area contributed by atoms with E-state index in [1.807, 2.05) is 26.0 Å². The SMILES string of the molecule is CCCCCC(C(=O)c1ccccc1O)c1ccccc1C(=O)ON(CC)CC. The maximum atomic E-state index is 13.3. The van der Waals surface area contributed by atoms with E-state index in [2.05, 4.69) is 6.92 Å². The number of unbranched alkanes of at least 4 members (excludes halogenated alkanes) is 2. The Morgan fingerprint density at radius 3 is 2.17 bits per heavy atom. The fourth-order valence-electron chi connectivity index (χ4n) is 3.40. The average Bonchev–Trinajstić information content (AvgIpc) is 2.75. The molecule has 2 rings (SSSR count). The molecule has 0 saturated carbocycles. The van der Waals surface area contributed by atoms with Crippen LogP contribution in [0.2, 0.25) is 0 Å². The number of aromatic hydroxyl groups is 1. The molecule has 0 aliphatic heterocycles. The molecular weight excluding hydrogens is 366 g/mol. The molecule has 0 fully saturated rings. The summed E-state index contributed by atoms with van der Waals surface area (Å²) in [7, 11) is 0. The lowest BCUT2D eigenvalue weighted by molar-refractivity contribution is -0.103. The molecule has 0 saturated heterocycles. The Morgan fingerprint density at radius 2 is 1.55 bits per heavy atom. The van der Waals surface area contributed by atoms with Crippen LogP contribution < -0.4 is 0 Å². The van der Waals surface area contributed by atoms with Crippen LogP contribution in [0.5, 0.6) is 5.75 Å². The van der Waals surface area contributed by atoms with Crippen molar-refractivity contribution in [1.82, 2.24) is 5.06 Å². The largest absolute Gasteiger partial charge is 0.507 e. The van der Waals surface area contributed by atoms with E-state index in [4.69, 9.17) is 4.84 Å². The van der Waals surface area contributed by atoms with Crippen molar-refractivity contribution < 1.29 is 19.5 Å². The van der Waals surface area contributed by atoms with E-state index < -0.39 is 11.9 Å². The second kappa shape index (κ2) is 11.4. The van der Waals surface area contributed by atoms with Crippen LogP contribution in [0.15, 0.2) is 48.5 Å². The summed E-state index contributed by atoms with van der Waals surface area (Å²) in [4.78, 5) is 31.7. The molecule has 0 bridgehead atoms. The van der Waals surface area contributed by atoms with Crippen LogP contribution in [0.4, 0.5) is 0 Å². The zero-order valence-electron chi connectivity index (χ0n) is 17.6.